The first kappa shape index (κ1) is 17.2. The fourth-order valence-corrected chi connectivity index (χ4v) is 4.77. The molecular formula is C20H27N5O. The second-order valence-electron chi connectivity index (χ2n) is 8.07. The lowest BCUT2D eigenvalue weighted by Gasteiger charge is -2.27. The van der Waals surface area contributed by atoms with E-state index in [9.17, 15) is 4.79 Å². The summed E-state index contributed by atoms with van der Waals surface area (Å²) >= 11 is 0. The van der Waals surface area contributed by atoms with Gasteiger partial charge >= 0.3 is 0 Å². The van der Waals surface area contributed by atoms with E-state index in [0.717, 1.165) is 42.0 Å². The second kappa shape index (κ2) is 6.83. The van der Waals surface area contributed by atoms with E-state index in [-0.39, 0.29) is 5.91 Å². The Morgan fingerprint density at radius 2 is 1.46 bits per heavy atom. The number of carbonyl (C=O) groups excluding carboxylic acids is 1. The SMILES string of the molecule is CN(C)C1C[C@@H]2CC(N(C)C(=O)c3ccc(-n4cnnc4)cc3)C[C@@H]2C1. The lowest BCUT2D eigenvalue weighted by Crippen LogP contribution is -2.36. The van der Waals surface area contributed by atoms with Crippen molar-refractivity contribution < 1.29 is 4.79 Å². The Labute approximate surface area is 154 Å². The predicted molar refractivity (Wildman–Crippen MR) is 100 cm³/mol. The zero-order valence-corrected chi connectivity index (χ0v) is 15.7. The topological polar surface area (TPSA) is 54.3 Å². The summed E-state index contributed by atoms with van der Waals surface area (Å²) in [5, 5.41) is 7.63. The van der Waals surface area contributed by atoms with Crippen LogP contribution in [0.1, 0.15) is 36.0 Å². The minimum atomic E-state index is 0.120. The molecule has 0 aliphatic heterocycles. The third-order valence-electron chi connectivity index (χ3n) is 6.40. The molecule has 1 aromatic carbocycles. The molecule has 0 saturated heterocycles. The molecule has 6 nitrogen and oxygen atoms in total. The third kappa shape index (κ3) is 3.14. The molecule has 0 bridgehead atoms. The number of hydrogen-bond acceptors (Lipinski definition) is 4. The highest BCUT2D eigenvalue weighted by Gasteiger charge is 2.44. The van der Waals surface area contributed by atoms with Crippen molar-refractivity contribution >= 4 is 5.91 Å². The Bertz CT molecular complexity index is 741. The molecule has 2 aliphatic carbocycles. The van der Waals surface area contributed by atoms with Crippen LogP contribution in [0.4, 0.5) is 0 Å². The van der Waals surface area contributed by atoms with E-state index in [4.69, 9.17) is 0 Å². The molecule has 2 aromatic rings. The van der Waals surface area contributed by atoms with Crippen molar-refractivity contribution in [2.75, 3.05) is 21.1 Å². The van der Waals surface area contributed by atoms with Crippen LogP contribution < -0.4 is 0 Å². The molecule has 2 fully saturated rings. The first-order valence-electron chi connectivity index (χ1n) is 9.41. The lowest BCUT2D eigenvalue weighted by molar-refractivity contribution is 0.0726. The second-order valence-corrected chi connectivity index (χ2v) is 8.07. The molecule has 0 N–H and O–H groups in total. The molecule has 1 amide bonds. The van der Waals surface area contributed by atoms with Gasteiger partial charge in [0.15, 0.2) is 0 Å². The number of amides is 1. The van der Waals surface area contributed by atoms with Gasteiger partial charge in [-0.2, -0.15) is 0 Å². The average molecular weight is 353 g/mol. The van der Waals surface area contributed by atoms with Crippen molar-refractivity contribution in [3.05, 3.63) is 42.5 Å². The molecule has 0 radical (unpaired) electrons. The molecule has 1 heterocycles. The molecule has 0 spiro atoms. The number of nitrogens with zero attached hydrogens (tertiary/aromatic N) is 5. The molecule has 2 saturated carbocycles. The summed E-state index contributed by atoms with van der Waals surface area (Å²) in [4.78, 5) is 17.2. The maximum atomic E-state index is 12.9. The number of carbonyl (C=O) groups is 1. The van der Waals surface area contributed by atoms with Crippen LogP contribution in [0.25, 0.3) is 5.69 Å². The van der Waals surface area contributed by atoms with Gasteiger partial charge in [0.1, 0.15) is 12.7 Å². The summed E-state index contributed by atoms with van der Waals surface area (Å²) in [6.07, 6.45) is 8.17. The van der Waals surface area contributed by atoms with E-state index in [2.05, 4.69) is 29.2 Å². The standard InChI is InChI=1S/C20H27N5O/c1-23(2)18-8-15-10-19(11-16(15)9-18)24(3)20(26)14-4-6-17(7-5-14)25-12-21-22-13-25/h4-7,12-13,15-16,18-19H,8-11H2,1-3H3/t15-,16+,18?,19?. The Hall–Kier alpha value is -2.21. The highest BCUT2D eigenvalue weighted by atomic mass is 16.2. The van der Waals surface area contributed by atoms with Crippen molar-refractivity contribution in [2.24, 2.45) is 11.8 Å². The summed E-state index contributed by atoms with van der Waals surface area (Å²) in [6.45, 7) is 0. The normalized spacial score (nSPS) is 27.7. The lowest BCUT2D eigenvalue weighted by atomic mass is 10.0. The molecule has 1 aromatic heterocycles. The highest BCUT2D eigenvalue weighted by Crippen LogP contribution is 2.46. The largest absolute Gasteiger partial charge is 0.339 e. The van der Waals surface area contributed by atoms with Crippen molar-refractivity contribution in [3.63, 3.8) is 0 Å². The van der Waals surface area contributed by atoms with Crippen molar-refractivity contribution in [1.29, 1.82) is 0 Å². The molecule has 26 heavy (non-hydrogen) atoms. The minimum Gasteiger partial charge on any atom is -0.339 e. The molecule has 2 unspecified atom stereocenters. The molecular weight excluding hydrogens is 326 g/mol. The molecule has 4 atom stereocenters. The van der Waals surface area contributed by atoms with Gasteiger partial charge in [0.05, 0.1) is 0 Å². The van der Waals surface area contributed by atoms with Gasteiger partial charge in [0, 0.05) is 30.4 Å². The summed E-state index contributed by atoms with van der Waals surface area (Å²) in [5.74, 6) is 1.67. The van der Waals surface area contributed by atoms with Gasteiger partial charge in [-0.25, -0.2) is 0 Å². The number of hydrogen-bond donors (Lipinski definition) is 0. The predicted octanol–water partition coefficient (Wildman–Crippen LogP) is 2.46. The molecule has 2 aliphatic rings. The van der Waals surface area contributed by atoms with Crippen molar-refractivity contribution in [3.8, 4) is 5.69 Å². The van der Waals surface area contributed by atoms with Gasteiger partial charge in [-0.05, 0) is 75.9 Å². The van der Waals surface area contributed by atoms with Crippen LogP contribution in [0.5, 0.6) is 0 Å². The van der Waals surface area contributed by atoms with E-state index < -0.39 is 0 Å². The number of rotatable bonds is 4. The summed E-state index contributed by atoms with van der Waals surface area (Å²) in [5.41, 5.74) is 1.70. The zero-order chi connectivity index (χ0) is 18.3. The number of aromatic nitrogens is 3. The zero-order valence-electron chi connectivity index (χ0n) is 15.7. The van der Waals surface area contributed by atoms with Crippen LogP contribution in [0.15, 0.2) is 36.9 Å². The van der Waals surface area contributed by atoms with E-state index in [1.54, 1.807) is 12.7 Å². The van der Waals surface area contributed by atoms with Crippen LogP contribution in [0.3, 0.4) is 0 Å². The van der Waals surface area contributed by atoms with E-state index in [1.165, 1.54) is 12.8 Å². The highest BCUT2D eigenvalue weighted by molar-refractivity contribution is 5.94. The third-order valence-corrected chi connectivity index (χ3v) is 6.40. The van der Waals surface area contributed by atoms with Crippen LogP contribution in [-0.2, 0) is 0 Å². The van der Waals surface area contributed by atoms with E-state index in [1.807, 2.05) is 40.8 Å². The van der Waals surface area contributed by atoms with Crippen LogP contribution in [0, 0.1) is 11.8 Å². The maximum Gasteiger partial charge on any atom is 0.253 e. The molecule has 138 valence electrons. The van der Waals surface area contributed by atoms with E-state index >= 15 is 0 Å². The van der Waals surface area contributed by atoms with Gasteiger partial charge in [-0.3, -0.25) is 9.36 Å². The Morgan fingerprint density at radius 3 is 2.00 bits per heavy atom. The average Bonchev–Trinajstić information content (AvgIpc) is 3.36. The van der Waals surface area contributed by atoms with Crippen LogP contribution >= 0.6 is 0 Å². The quantitative estimate of drug-likeness (QED) is 0.847. The van der Waals surface area contributed by atoms with E-state index in [0.29, 0.717) is 6.04 Å². The number of fused-ring (bicyclic) bond motifs is 1. The first-order valence-corrected chi connectivity index (χ1v) is 9.41. The molecule has 4 rings (SSSR count). The van der Waals surface area contributed by atoms with Gasteiger partial charge in [0.2, 0.25) is 0 Å². The summed E-state index contributed by atoms with van der Waals surface area (Å²) in [6, 6.07) is 8.76. The molecule has 6 heteroatoms. The first-order chi connectivity index (χ1) is 12.5. The Kier molecular flexibility index (Phi) is 4.53. The van der Waals surface area contributed by atoms with Crippen LogP contribution in [-0.4, -0.2) is 63.7 Å². The Balaban J connectivity index is 1.40. The Morgan fingerprint density at radius 1 is 0.923 bits per heavy atom. The van der Waals surface area contributed by atoms with Gasteiger partial charge in [-0.1, -0.05) is 0 Å². The van der Waals surface area contributed by atoms with Gasteiger partial charge in [-0.15, -0.1) is 10.2 Å². The van der Waals surface area contributed by atoms with Crippen molar-refractivity contribution in [2.45, 2.75) is 37.8 Å². The van der Waals surface area contributed by atoms with Gasteiger partial charge in [0.25, 0.3) is 5.91 Å². The van der Waals surface area contributed by atoms with Crippen molar-refractivity contribution in [1.82, 2.24) is 24.6 Å². The fraction of sp³-hybridized carbons (Fsp3) is 0.550. The smallest absolute Gasteiger partial charge is 0.253 e. The maximum absolute atomic E-state index is 12.9. The fourth-order valence-electron chi connectivity index (χ4n) is 4.77. The summed E-state index contributed by atoms with van der Waals surface area (Å²) in [7, 11) is 6.33. The van der Waals surface area contributed by atoms with Crippen LogP contribution in [0.2, 0.25) is 0 Å². The number of benzene rings is 1. The summed E-state index contributed by atoms with van der Waals surface area (Å²) < 4.78 is 1.83. The van der Waals surface area contributed by atoms with Gasteiger partial charge < -0.3 is 9.80 Å². The minimum absolute atomic E-state index is 0.120. The monoisotopic (exact) mass is 353 g/mol.